The summed E-state index contributed by atoms with van der Waals surface area (Å²) in [5, 5.41) is 14.5. The lowest BCUT2D eigenvalue weighted by atomic mass is 9.78. The molecule has 3 aromatic heterocycles. The van der Waals surface area contributed by atoms with Crippen LogP contribution in [-0.4, -0.2) is 25.4 Å². The second kappa shape index (κ2) is 23.9. The molecule has 292 valence electrons. The Hall–Kier alpha value is -2.43. The van der Waals surface area contributed by atoms with Gasteiger partial charge in [0.25, 0.3) is 0 Å². The fraction of sp³-hybridized carbons (Fsp3) is 0.750. The highest BCUT2D eigenvalue weighted by Gasteiger charge is 2.28. The third-order valence-corrected chi connectivity index (χ3v) is 6.72. The molecule has 0 bridgehead atoms. The third kappa shape index (κ3) is 20.7. The molecular formula is C44H91N5. The molecule has 0 spiro atoms. The Labute approximate surface area is 310 Å². The van der Waals surface area contributed by atoms with E-state index in [9.17, 15) is 0 Å². The first-order valence-electron chi connectivity index (χ1n) is 17.7. The number of hydrogen-bond donors (Lipinski definition) is 2. The van der Waals surface area contributed by atoms with E-state index in [1.807, 2.05) is 66.2 Å². The summed E-state index contributed by atoms with van der Waals surface area (Å²) in [5.74, 6) is 0. The van der Waals surface area contributed by atoms with Crippen molar-refractivity contribution in [1.29, 1.82) is 0 Å². The van der Waals surface area contributed by atoms with Crippen LogP contribution in [0.1, 0.15) is 222 Å². The van der Waals surface area contributed by atoms with Crippen LogP contribution in [0.15, 0.2) is 30.7 Å². The lowest BCUT2D eigenvalue weighted by Gasteiger charge is -2.28. The SMILES string of the molecule is C.C.C.CC.CC.CC.CC(C)(C)c1cccnc1C(C)(C)C.CC(C)(C)c1cn[nH]c1C(C)(C)C.CC(C)(C)c1cn[nH]c1C(C)(C)C. The van der Waals surface area contributed by atoms with Crippen LogP contribution < -0.4 is 0 Å². The van der Waals surface area contributed by atoms with Crippen molar-refractivity contribution < 1.29 is 0 Å². The molecule has 0 aromatic carbocycles. The minimum absolute atomic E-state index is 0. The average molecular weight is 690 g/mol. The minimum atomic E-state index is 0. The van der Waals surface area contributed by atoms with Crippen LogP contribution in [-0.2, 0) is 32.5 Å². The monoisotopic (exact) mass is 690 g/mol. The first-order valence-corrected chi connectivity index (χ1v) is 17.7. The van der Waals surface area contributed by atoms with Crippen molar-refractivity contribution >= 4 is 0 Å². The molecule has 0 atom stereocenters. The van der Waals surface area contributed by atoms with E-state index in [2.05, 4.69) is 156 Å². The van der Waals surface area contributed by atoms with Gasteiger partial charge in [0.2, 0.25) is 0 Å². The molecule has 0 unspecified atom stereocenters. The first kappa shape index (κ1) is 58.8. The average Bonchev–Trinajstić information content (AvgIpc) is 3.63. The maximum atomic E-state index is 4.52. The molecule has 0 saturated heterocycles. The van der Waals surface area contributed by atoms with Gasteiger partial charge in [-0.25, -0.2) is 0 Å². The number of aromatic amines is 2. The second-order valence-corrected chi connectivity index (χ2v) is 17.2. The standard InChI is InChI=1S/C13H21N.2C11H20N2.3C2H6.3CH4/c1-12(2,3)10-8-7-9-14-11(10)13(4,5)6;2*1-10(2,3)8-7-12-13-9(8)11(4,5)6;3*1-2;;;/h7-9H,1-6H3;2*7H,1-6H3,(H,12,13);3*1-2H3;3*1H4. The molecular weight excluding hydrogens is 599 g/mol. The van der Waals surface area contributed by atoms with Crippen molar-refractivity contribution in [2.75, 3.05) is 0 Å². The molecule has 0 aliphatic carbocycles. The number of rotatable bonds is 0. The zero-order chi connectivity index (χ0) is 37.5. The van der Waals surface area contributed by atoms with Gasteiger partial charge in [0, 0.05) is 39.5 Å². The van der Waals surface area contributed by atoms with Crippen molar-refractivity contribution in [2.45, 2.75) is 221 Å². The molecule has 0 fully saturated rings. The first-order chi connectivity index (χ1) is 20.7. The fourth-order valence-corrected chi connectivity index (χ4v) is 4.46. The van der Waals surface area contributed by atoms with Gasteiger partial charge in [-0.15, -0.1) is 0 Å². The van der Waals surface area contributed by atoms with Crippen molar-refractivity contribution in [3.05, 3.63) is 64.5 Å². The smallest absolute Gasteiger partial charge is 0.0527 e. The molecule has 5 nitrogen and oxygen atoms in total. The number of pyridine rings is 1. The Morgan fingerprint density at radius 1 is 0.408 bits per heavy atom. The lowest BCUT2D eigenvalue weighted by Crippen LogP contribution is -2.23. The van der Waals surface area contributed by atoms with Crippen LogP contribution in [0.5, 0.6) is 0 Å². The normalized spacial score (nSPS) is 11.2. The van der Waals surface area contributed by atoms with Crippen LogP contribution in [0.4, 0.5) is 0 Å². The van der Waals surface area contributed by atoms with Crippen molar-refractivity contribution in [1.82, 2.24) is 25.4 Å². The molecule has 2 N–H and O–H groups in total. The summed E-state index contributed by atoms with van der Waals surface area (Å²) in [5.41, 5.74) is 8.67. The summed E-state index contributed by atoms with van der Waals surface area (Å²) in [6.45, 7) is 51.9. The molecule has 3 rings (SSSR count). The molecule has 3 aromatic rings. The molecule has 5 heteroatoms. The van der Waals surface area contributed by atoms with Crippen LogP contribution in [0.25, 0.3) is 0 Å². The maximum absolute atomic E-state index is 4.52. The lowest BCUT2D eigenvalue weighted by molar-refractivity contribution is 0.514. The largest absolute Gasteiger partial charge is 0.282 e. The summed E-state index contributed by atoms with van der Waals surface area (Å²) >= 11 is 0. The highest BCUT2D eigenvalue weighted by molar-refractivity contribution is 5.32. The maximum Gasteiger partial charge on any atom is 0.0527 e. The number of H-pyrrole nitrogens is 2. The highest BCUT2D eigenvalue weighted by atomic mass is 15.1. The van der Waals surface area contributed by atoms with Crippen LogP contribution in [0.3, 0.4) is 0 Å². The van der Waals surface area contributed by atoms with E-state index in [4.69, 9.17) is 0 Å². The predicted molar refractivity (Wildman–Crippen MR) is 228 cm³/mol. The summed E-state index contributed by atoms with van der Waals surface area (Å²) in [6, 6.07) is 4.21. The summed E-state index contributed by atoms with van der Waals surface area (Å²) in [7, 11) is 0. The van der Waals surface area contributed by atoms with Gasteiger partial charge in [0.05, 0.1) is 12.4 Å². The predicted octanol–water partition coefficient (Wildman–Crippen LogP) is 14.7. The van der Waals surface area contributed by atoms with Gasteiger partial charge in [-0.3, -0.25) is 15.2 Å². The molecule has 0 radical (unpaired) electrons. The molecule has 0 saturated carbocycles. The molecule has 0 amide bonds. The quantitative estimate of drug-likeness (QED) is 0.247. The molecule has 0 aliphatic rings. The second-order valence-electron chi connectivity index (χ2n) is 17.2. The topological polar surface area (TPSA) is 70.2 Å². The summed E-state index contributed by atoms with van der Waals surface area (Å²) < 4.78 is 0. The highest BCUT2D eigenvalue weighted by Crippen LogP contribution is 2.33. The van der Waals surface area contributed by atoms with Gasteiger partial charge < -0.3 is 0 Å². The van der Waals surface area contributed by atoms with E-state index in [0.29, 0.717) is 0 Å². The summed E-state index contributed by atoms with van der Waals surface area (Å²) in [4.78, 5) is 4.52. The van der Waals surface area contributed by atoms with Gasteiger partial charge >= 0.3 is 0 Å². The van der Waals surface area contributed by atoms with Crippen molar-refractivity contribution in [3.8, 4) is 0 Å². The zero-order valence-corrected chi connectivity index (χ0v) is 35.2. The van der Waals surface area contributed by atoms with Crippen molar-refractivity contribution in [3.63, 3.8) is 0 Å². The molecule has 3 heterocycles. The number of hydrogen-bond acceptors (Lipinski definition) is 3. The molecule has 0 aliphatic heterocycles. The van der Waals surface area contributed by atoms with Crippen LogP contribution >= 0.6 is 0 Å². The van der Waals surface area contributed by atoms with Gasteiger partial charge in [-0.1, -0.05) is 195 Å². The molecule has 49 heavy (non-hydrogen) atoms. The van der Waals surface area contributed by atoms with E-state index < -0.39 is 0 Å². The van der Waals surface area contributed by atoms with E-state index in [-0.39, 0.29) is 54.8 Å². The Morgan fingerprint density at radius 3 is 0.878 bits per heavy atom. The Morgan fingerprint density at radius 2 is 0.694 bits per heavy atom. The third-order valence-electron chi connectivity index (χ3n) is 6.72. The minimum Gasteiger partial charge on any atom is -0.282 e. The van der Waals surface area contributed by atoms with E-state index in [0.717, 1.165) is 0 Å². The number of aromatic nitrogens is 5. The number of nitrogens with zero attached hydrogens (tertiary/aromatic N) is 3. The Balaban J connectivity index is -0.000000128. The fourth-order valence-electron chi connectivity index (χ4n) is 4.46. The Kier molecular flexibility index (Phi) is 28.6. The zero-order valence-electron chi connectivity index (χ0n) is 35.2. The van der Waals surface area contributed by atoms with Gasteiger partial charge in [0.1, 0.15) is 0 Å². The van der Waals surface area contributed by atoms with Gasteiger partial charge in [-0.2, -0.15) is 10.2 Å². The van der Waals surface area contributed by atoms with E-state index >= 15 is 0 Å². The van der Waals surface area contributed by atoms with Gasteiger partial charge in [0.15, 0.2) is 0 Å². The van der Waals surface area contributed by atoms with E-state index in [1.165, 1.54) is 33.8 Å². The summed E-state index contributed by atoms with van der Waals surface area (Å²) in [6.07, 6.45) is 5.77. The van der Waals surface area contributed by atoms with Crippen LogP contribution in [0.2, 0.25) is 0 Å². The van der Waals surface area contributed by atoms with Gasteiger partial charge in [-0.05, 0) is 39.0 Å². The van der Waals surface area contributed by atoms with Crippen LogP contribution in [0, 0.1) is 0 Å². The Bertz CT molecular complexity index is 1030. The van der Waals surface area contributed by atoms with Crippen molar-refractivity contribution in [2.24, 2.45) is 0 Å². The van der Waals surface area contributed by atoms with E-state index in [1.54, 1.807) is 0 Å². The number of nitrogens with one attached hydrogen (secondary N) is 2.